The van der Waals surface area contributed by atoms with Gasteiger partial charge in [-0.3, -0.25) is 9.13 Å². The van der Waals surface area contributed by atoms with Gasteiger partial charge < -0.3 is 0 Å². The van der Waals surface area contributed by atoms with E-state index in [0.29, 0.717) is 16.0 Å². The van der Waals surface area contributed by atoms with E-state index in [4.69, 9.17) is 23.2 Å². The first kappa shape index (κ1) is 18.5. The Kier molecular flexibility index (Phi) is 5.93. The highest BCUT2D eigenvalue weighted by Crippen LogP contribution is 2.35. The molecule has 1 heterocycles. The molecular weight excluding hydrogens is 351 g/mol. The lowest BCUT2D eigenvalue weighted by Gasteiger charge is -2.13. The summed E-state index contributed by atoms with van der Waals surface area (Å²) >= 11 is 13.8. The molecule has 0 N–H and O–H groups in total. The molecule has 0 aliphatic rings. The van der Waals surface area contributed by atoms with Crippen molar-refractivity contribution in [2.24, 2.45) is 13.0 Å². The van der Waals surface area contributed by atoms with Crippen LogP contribution < -0.4 is 5.69 Å². The summed E-state index contributed by atoms with van der Waals surface area (Å²) in [6.07, 6.45) is 0.849. The molecule has 0 amide bonds. The Balaban J connectivity index is 2.58. The Bertz CT molecular complexity index is 742. The van der Waals surface area contributed by atoms with Crippen LogP contribution in [0.2, 0.25) is 10.0 Å². The second kappa shape index (κ2) is 7.37. The predicted molar refractivity (Wildman–Crippen MR) is 99.2 cm³/mol. The molecule has 1 aromatic carbocycles. The molecule has 0 bridgehead atoms. The smallest absolute Gasteiger partial charge is 0.298 e. The van der Waals surface area contributed by atoms with E-state index in [1.165, 1.54) is 0 Å². The van der Waals surface area contributed by atoms with Crippen LogP contribution in [-0.4, -0.2) is 9.13 Å². The fraction of sp³-hybridized carbons (Fsp3) is 0.471. The fourth-order valence-corrected chi connectivity index (χ4v) is 4.50. The molecule has 0 unspecified atom stereocenters. The van der Waals surface area contributed by atoms with Gasteiger partial charge in [0, 0.05) is 28.0 Å². The minimum atomic E-state index is 0.0197. The predicted octanol–water partition coefficient (Wildman–Crippen LogP) is 5.42. The summed E-state index contributed by atoms with van der Waals surface area (Å²) in [6.45, 7) is 8.36. The van der Waals surface area contributed by atoms with E-state index in [9.17, 15) is 4.79 Å². The molecule has 2 rings (SSSR count). The van der Waals surface area contributed by atoms with Crippen molar-refractivity contribution < 1.29 is 0 Å². The lowest BCUT2D eigenvalue weighted by atomic mass is 10.1. The van der Waals surface area contributed by atoms with Crippen LogP contribution in [0.4, 0.5) is 0 Å². The number of rotatable bonds is 5. The van der Waals surface area contributed by atoms with Crippen molar-refractivity contribution in [3.8, 4) is 0 Å². The van der Waals surface area contributed by atoms with E-state index in [2.05, 4.69) is 13.8 Å². The molecule has 0 aliphatic carbocycles. The summed E-state index contributed by atoms with van der Waals surface area (Å²) in [6, 6.07) is 5.55. The third-order valence-corrected chi connectivity index (χ3v) is 5.07. The van der Waals surface area contributed by atoms with Crippen LogP contribution in [0.3, 0.4) is 0 Å². The number of imidazole rings is 1. The van der Waals surface area contributed by atoms with E-state index >= 15 is 0 Å². The minimum Gasteiger partial charge on any atom is -0.298 e. The maximum atomic E-state index is 12.6. The van der Waals surface area contributed by atoms with E-state index in [0.717, 1.165) is 22.0 Å². The number of hydrogen-bond donors (Lipinski definition) is 0. The average Bonchev–Trinajstić information content (AvgIpc) is 2.62. The Labute approximate surface area is 151 Å². The fourth-order valence-electron chi connectivity index (χ4n) is 2.52. The van der Waals surface area contributed by atoms with E-state index in [1.54, 1.807) is 22.4 Å². The molecule has 1 aromatic heterocycles. The van der Waals surface area contributed by atoms with Crippen molar-refractivity contribution in [2.75, 3.05) is 0 Å². The monoisotopic (exact) mass is 372 g/mol. The molecule has 0 fully saturated rings. The number of nitrogens with zero attached hydrogens (tertiary/aromatic N) is 2. The quantitative estimate of drug-likeness (QED) is 0.699. The van der Waals surface area contributed by atoms with Crippen molar-refractivity contribution >= 4 is 35.0 Å². The van der Waals surface area contributed by atoms with Gasteiger partial charge in [-0.15, -0.1) is 0 Å². The van der Waals surface area contributed by atoms with Gasteiger partial charge in [-0.1, -0.05) is 48.8 Å². The highest BCUT2D eigenvalue weighted by molar-refractivity contribution is 7.99. The van der Waals surface area contributed by atoms with Gasteiger partial charge in [0.05, 0.1) is 5.69 Å². The Morgan fingerprint density at radius 1 is 1.09 bits per heavy atom. The summed E-state index contributed by atoms with van der Waals surface area (Å²) in [5.74, 6) is 0.464. The summed E-state index contributed by atoms with van der Waals surface area (Å²) in [5.41, 5.74) is 1.08. The third kappa shape index (κ3) is 4.17. The average molecular weight is 373 g/mol. The SMILES string of the molecule is CC(C)Cc1c(Sc2cc(Cl)cc(Cl)c2)n(C(C)C)c(=O)n1C. The van der Waals surface area contributed by atoms with Crippen molar-refractivity contribution in [1.82, 2.24) is 9.13 Å². The molecule has 0 spiro atoms. The molecule has 0 aliphatic heterocycles. The van der Waals surface area contributed by atoms with Crippen LogP contribution in [-0.2, 0) is 13.5 Å². The normalized spacial score (nSPS) is 11.7. The lowest BCUT2D eigenvalue weighted by Crippen LogP contribution is -2.24. The number of benzene rings is 1. The van der Waals surface area contributed by atoms with Gasteiger partial charge in [-0.2, -0.15) is 0 Å². The van der Waals surface area contributed by atoms with E-state index < -0.39 is 0 Å². The molecule has 0 atom stereocenters. The molecule has 0 saturated heterocycles. The molecule has 3 nitrogen and oxygen atoms in total. The first-order chi connectivity index (χ1) is 10.7. The van der Waals surface area contributed by atoms with Crippen LogP contribution in [0.15, 0.2) is 32.9 Å². The maximum absolute atomic E-state index is 12.6. The molecule has 0 saturated carbocycles. The molecular formula is C17H22Cl2N2OS. The van der Waals surface area contributed by atoms with Gasteiger partial charge in [-0.05, 0) is 44.4 Å². The van der Waals surface area contributed by atoms with Crippen LogP contribution in [0, 0.1) is 5.92 Å². The number of hydrogen-bond acceptors (Lipinski definition) is 2. The van der Waals surface area contributed by atoms with E-state index in [1.807, 2.05) is 37.6 Å². The standard InChI is InChI=1S/C17H22Cl2N2OS/c1-10(2)6-15-16(21(11(3)4)17(22)20(15)5)23-14-8-12(18)7-13(19)9-14/h7-11H,6H2,1-5H3. The zero-order chi connectivity index (χ0) is 17.3. The minimum absolute atomic E-state index is 0.0197. The second-order valence-electron chi connectivity index (χ2n) is 6.36. The number of aromatic nitrogens is 2. The largest absolute Gasteiger partial charge is 0.329 e. The number of halogens is 2. The van der Waals surface area contributed by atoms with Crippen molar-refractivity contribution in [2.45, 2.75) is 50.1 Å². The van der Waals surface area contributed by atoms with Gasteiger partial charge in [0.2, 0.25) is 0 Å². The highest BCUT2D eigenvalue weighted by Gasteiger charge is 2.21. The summed E-state index contributed by atoms with van der Waals surface area (Å²) < 4.78 is 3.60. The third-order valence-electron chi connectivity index (χ3n) is 3.53. The summed E-state index contributed by atoms with van der Waals surface area (Å²) in [4.78, 5) is 13.6. The van der Waals surface area contributed by atoms with Crippen molar-refractivity contribution in [3.63, 3.8) is 0 Å². The molecule has 0 radical (unpaired) electrons. The van der Waals surface area contributed by atoms with Crippen LogP contribution in [0.1, 0.15) is 39.4 Å². The summed E-state index contributed by atoms with van der Waals surface area (Å²) in [5, 5.41) is 2.17. The topological polar surface area (TPSA) is 26.9 Å². The Morgan fingerprint density at radius 2 is 1.65 bits per heavy atom. The Hall–Kier alpha value is -0.840. The first-order valence-electron chi connectivity index (χ1n) is 7.64. The van der Waals surface area contributed by atoms with Crippen LogP contribution in [0.25, 0.3) is 0 Å². The van der Waals surface area contributed by atoms with Crippen molar-refractivity contribution in [3.05, 3.63) is 44.4 Å². The van der Waals surface area contributed by atoms with Gasteiger partial charge in [0.1, 0.15) is 5.03 Å². The molecule has 126 valence electrons. The summed E-state index contributed by atoms with van der Waals surface area (Å²) in [7, 11) is 1.84. The van der Waals surface area contributed by atoms with Gasteiger partial charge in [0.25, 0.3) is 0 Å². The maximum Gasteiger partial charge on any atom is 0.329 e. The zero-order valence-corrected chi connectivity index (χ0v) is 16.4. The zero-order valence-electron chi connectivity index (χ0n) is 14.1. The molecule has 2 aromatic rings. The lowest BCUT2D eigenvalue weighted by molar-refractivity contribution is 0.531. The van der Waals surface area contributed by atoms with Gasteiger partial charge >= 0.3 is 5.69 Å². The van der Waals surface area contributed by atoms with Gasteiger partial charge in [-0.25, -0.2) is 4.79 Å². The van der Waals surface area contributed by atoms with E-state index in [-0.39, 0.29) is 11.7 Å². The molecule has 23 heavy (non-hydrogen) atoms. The second-order valence-corrected chi connectivity index (χ2v) is 8.30. The van der Waals surface area contributed by atoms with Crippen LogP contribution in [0.5, 0.6) is 0 Å². The van der Waals surface area contributed by atoms with Crippen molar-refractivity contribution in [1.29, 1.82) is 0 Å². The molecule has 6 heteroatoms. The first-order valence-corrected chi connectivity index (χ1v) is 9.22. The Morgan fingerprint density at radius 3 is 2.13 bits per heavy atom. The van der Waals surface area contributed by atoms with Gasteiger partial charge in [0.15, 0.2) is 0 Å². The highest BCUT2D eigenvalue weighted by atomic mass is 35.5. The van der Waals surface area contributed by atoms with Crippen LogP contribution >= 0.6 is 35.0 Å².